The fraction of sp³-hybridized carbons (Fsp3) is 0.500. The molecule has 114 valence electrons. The van der Waals surface area contributed by atoms with E-state index in [-0.39, 0.29) is 24.8 Å². The van der Waals surface area contributed by atoms with E-state index in [9.17, 15) is 9.59 Å². The van der Waals surface area contributed by atoms with Gasteiger partial charge in [0.1, 0.15) is 0 Å². The van der Waals surface area contributed by atoms with E-state index in [1.165, 1.54) is 0 Å². The number of para-hydroxylation sites is 1. The monoisotopic (exact) mass is 290 g/mol. The summed E-state index contributed by atoms with van der Waals surface area (Å²) in [6, 6.07) is 7.86. The number of benzene rings is 1. The number of aliphatic carboxylic acids is 1. The quantitative estimate of drug-likeness (QED) is 0.840. The lowest BCUT2D eigenvalue weighted by Gasteiger charge is -2.19. The number of carbonyl (C=O) groups excluding carboxylic acids is 1. The SMILES string of the molecule is CCC(C)NCC(=O)N1CC(CC(=O)O)c2ccccc21. The molecule has 0 bridgehead atoms. The summed E-state index contributed by atoms with van der Waals surface area (Å²) in [5.74, 6) is -0.955. The van der Waals surface area contributed by atoms with Crippen LogP contribution in [0.2, 0.25) is 0 Å². The first kappa shape index (κ1) is 15.5. The Labute approximate surface area is 125 Å². The summed E-state index contributed by atoms with van der Waals surface area (Å²) < 4.78 is 0. The van der Waals surface area contributed by atoms with Gasteiger partial charge in [0.05, 0.1) is 13.0 Å². The van der Waals surface area contributed by atoms with E-state index < -0.39 is 5.97 Å². The lowest BCUT2D eigenvalue weighted by molar-refractivity contribution is -0.137. The highest BCUT2D eigenvalue weighted by atomic mass is 16.4. The van der Waals surface area contributed by atoms with E-state index in [1.807, 2.05) is 31.2 Å². The zero-order valence-electron chi connectivity index (χ0n) is 12.5. The van der Waals surface area contributed by atoms with Crippen LogP contribution in [0.5, 0.6) is 0 Å². The second-order valence-electron chi connectivity index (χ2n) is 5.55. The van der Waals surface area contributed by atoms with E-state index in [0.717, 1.165) is 17.7 Å². The first-order chi connectivity index (χ1) is 10.0. The molecule has 0 saturated carbocycles. The summed E-state index contributed by atoms with van der Waals surface area (Å²) >= 11 is 0. The maximum Gasteiger partial charge on any atom is 0.304 e. The van der Waals surface area contributed by atoms with Crippen molar-refractivity contribution in [3.63, 3.8) is 0 Å². The summed E-state index contributed by atoms with van der Waals surface area (Å²) in [7, 11) is 0. The van der Waals surface area contributed by atoms with E-state index in [1.54, 1.807) is 4.90 Å². The first-order valence-corrected chi connectivity index (χ1v) is 7.37. The van der Waals surface area contributed by atoms with Crippen molar-refractivity contribution >= 4 is 17.6 Å². The van der Waals surface area contributed by atoms with Gasteiger partial charge in [-0.3, -0.25) is 9.59 Å². The Morgan fingerprint density at radius 2 is 2.14 bits per heavy atom. The van der Waals surface area contributed by atoms with Crippen molar-refractivity contribution in [3.05, 3.63) is 29.8 Å². The summed E-state index contributed by atoms with van der Waals surface area (Å²) in [5, 5.41) is 12.2. The van der Waals surface area contributed by atoms with Crippen LogP contribution in [0, 0.1) is 0 Å². The number of nitrogens with one attached hydrogen (secondary N) is 1. The molecule has 0 radical (unpaired) electrons. The van der Waals surface area contributed by atoms with Gasteiger partial charge in [-0.1, -0.05) is 25.1 Å². The molecule has 0 spiro atoms. The number of amides is 1. The molecule has 0 aliphatic carbocycles. The van der Waals surface area contributed by atoms with Gasteiger partial charge in [-0.15, -0.1) is 0 Å². The van der Waals surface area contributed by atoms with Crippen molar-refractivity contribution in [2.24, 2.45) is 0 Å². The Balaban J connectivity index is 2.11. The number of carboxylic acids is 1. The minimum absolute atomic E-state index is 0.00404. The van der Waals surface area contributed by atoms with Crippen LogP contribution in [0.1, 0.15) is 38.2 Å². The highest BCUT2D eigenvalue weighted by Crippen LogP contribution is 2.37. The van der Waals surface area contributed by atoms with Crippen LogP contribution in [0.3, 0.4) is 0 Å². The van der Waals surface area contributed by atoms with Crippen molar-refractivity contribution in [2.75, 3.05) is 18.0 Å². The number of nitrogens with zero attached hydrogens (tertiary/aromatic N) is 1. The maximum absolute atomic E-state index is 12.4. The number of hydrogen-bond donors (Lipinski definition) is 2. The second kappa shape index (κ2) is 6.72. The highest BCUT2D eigenvalue weighted by Gasteiger charge is 2.32. The predicted octanol–water partition coefficient (Wildman–Crippen LogP) is 1.98. The summed E-state index contributed by atoms with van der Waals surface area (Å²) in [6.45, 7) is 4.84. The molecule has 5 nitrogen and oxygen atoms in total. The molecule has 1 aliphatic rings. The van der Waals surface area contributed by atoms with Gasteiger partial charge in [0.25, 0.3) is 0 Å². The molecule has 2 atom stereocenters. The third kappa shape index (κ3) is 3.61. The number of carbonyl (C=O) groups is 2. The Morgan fingerprint density at radius 3 is 2.81 bits per heavy atom. The normalized spacial score (nSPS) is 18.4. The molecule has 2 rings (SSSR count). The van der Waals surface area contributed by atoms with Crippen LogP contribution < -0.4 is 10.2 Å². The topological polar surface area (TPSA) is 69.6 Å². The average molecular weight is 290 g/mol. The van der Waals surface area contributed by atoms with Crippen LogP contribution in [0.15, 0.2) is 24.3 Å². The van der Waals surface area contributed by atoms with Crippen LogP contribution in [-0.2, 0) is 9.59 Å². The molecule has 5 heteroatoms. The smallest absolute Gasteiger partial charge is 0.304 e. The third-order valence-electron chi connectivity index (χ3n) is 4.01. The van der Waals surface area contributed by atoms with Crippen molar-refractivity contribution in [1.82, 2.24) is 5.32 Å². The number of fused-ring (bicyclic) bond motifs is 1. The molecule has 2 unspecified atom stereocenters. The number of carboxylic acid groups (broad SMARTS) is 1. The average Bonchev–Trinajstić information content (AvgIpc) is 2.83. The standard InChI is InChI=1S/C16H22N2O3/c1-3-11(2)17-9-15(19)18-10-12(8-16(20)21)13-6-4-5-7-14(13)18/h4-7,11-12,17H,3,8-10H2,1-2H3,(H,20,21). The first-order valence-electron chi connectivity index (χ1n) is 7.37. The Morgan fingerprint density at radius 1 is 1.43 bits per heavy atom. The molecule has 0 fully saturated rings. The molecule has 1 amide bonds. The lowest BCUT2D eigenvalue weighted by atomic mass is 9.98. The molecular formula is C16H22N2O3. The van der Waals surface area contributed by atoms with Crippen LogP contribution in [0.4, 0.5) is 5.69 Å². The van der Waals surface area contributed by atoms with Gasteiger partial charge in [-0.25, -0.2) is 0 Å². The predicted molar refractivity (Wildman–Crippen MR) is 81.5 cm³/mol. The van der Waals surface area contributed by atoms with Gasteiger partial charge in [-0.2, -0.15) is 0 Å². The van der Waals surface area contributed by atoms with Crippen LogP contribution in [0.25, 0.3) is 0 Å². The largest absolute Gasteiger partial charge is 0.481 e. The van der Waals surface area contributed by atoms with Crippen molar-refractivity contribution in [3.8, 4) is 0 Å². The van der Waals surface area contributed by atoms with E-state index in [4.69, 9.17) is 5.11 Å². The van der Waals surface area contributed by atoms with Crippen molar-refractivity contribution in [2.45, 2.75) is 38.6 Å². The van der Waals surface area contributed by atoms with Gasteiger partial charge in [0.2, 0.25) is 5.91 Å². The van der Waals surface area contributed by atoms with Gasteiger partial charge in [-0.05, 0) is 25.0 Å². The van der Waals surface area contributed by atoms with E-state index in [2.05, 4.69) is 12.2 Å². The van der Waals surface area contributed by atoms with Crippen LogP contribution in [-0.4, -0.2) is 36.1 Å². The second-order valence-corrected chi connectivity index (χ2v) is 5.55. The van der Waals surface area contributed by atoms with E-state index >= 15 is 0 Å². The maximum atomic E-state index is 12.4. The molecule has 2 N–H and O–H groups in total. The zero-order chi connectivity index (χ0) is 15.4. The number of anilines is 1. The molecular weight excluding hydrogens is 268 g/mol. The summed E-state index contributed by atoms with van der Waals surface area (Å²) in [4.78, 5) is 25.1. The zero-order valence-corrected chi connectivity index (χ0v) is 12.5. The minimum Gasteiger partial charge on any atom is -0.481 e. The summed E-state index contributed by atoms with van der Waals surface area (Å²) in [5.41, 5.74) is 1.80. The lowest BCUT2D eigenvalue weighted by Crippen LogP contribution is -2.40. The fourth-order valence-electron chi connectivity index (χ4n) is 2.62. The molecule has 21 heavy (non-hydrogen) atoms. The summed E-state index contributed by atoms with van der Waals surface area (Å²) in [6.07, 6.45) is 1.02. The highest BCUT2D eigenvalue weighted by molar-refractivity contribution is 5.97. The Bertz CT molecular complexity index is 530. The Kier molecular flexibility index (Phi) is 4.96. The minimum atomic E-state index is -0.832. The van der Waals surface area contributed by atoms with Crippen molar-refractivity contribution in [1.29, 1.82) is 0 Å². The number of hydrogen-bond acceptors (Lipinski definition) is 3. The van der Waals surface area contributed by atoms with E-state index in [0.29, 0.717) is 12.6 Å². The van der Waals surface area contributed by atoms with Gasteiger partial charge >= 0.3 is 5.97 Å². The molecule has 0 saturated heterocycles. The van der Waals surface area contributed by atoms with Gasteiger partial charge < -0.3 is 15.3 Å². The van der Waals surface area contributed by atoms with Gasteiger partial charge in [0.15, 0.2) is 0 Å². The van der Waals surface area contributed by atoms with Crippen LogP contribution >= 0.6 is 0 Å². The molecule has 1 aliphatic heterocycles. The Hall–Kier alpha value is -1.88. The molecule has 1 aromatic carbocycles. The molecule has 1 aromatic rings. The van der Waals surface area contributed by atoms with Crippen molar-refractivity contribution < 1.29 is 14.7 Å². The fourth-order valence-corrected chi connectivity index (χ4v) is 2.62. The number of rotatable bonds is 6. The molecule has 1 heterocycles. The van der Waals surface area contributed by atoms with Gasteiger partial charge in [0, 0.05) is 24.2 Å². The molecule has 0 aromatic heterocycles. The third-order valence-corrected chi connectivity index (χ3v) is 4.01.